The molecule has 7 heteroatoms. The molecule has 0 saturated carbocycles. The lowest BCUT2D eigenvalue weighted by Crippen LogP contribution is -2.41. The molecular formula is C23H29N5O2. The Morgan fingerprint density at radius 1 is 1.30 bits per heavy atom. The molecular weight excluding hydrogens is 378 g/mol. The van der Waals surface area contributed by atoms with E-state index in [4.69, 9.17) is 4.74 Å². The van der Waals surface area contributed by atoms with E-state index in [1.165, 1.54) is 25.3 Å². The standard InChI is InChI=1S/C23H29N5O2/c1-17(29)24-9-11-30-22-6-2-4-18(12-22)15-28-10-3-5-21(16-28)26-20-7-8-23-19(13-20)14-25-27-23/h2,4,6-8,12-14,21,26H,3,5,9-11,15-16H2,1H3,(H,24,29)(H,25,27)/t21-/m0/s1. The predicted octanol–water partition coefficient (Wildman–Crippen LogP) is 3.15. The number of carbonyl (C=O) groups is 1. The molecule has 2 aromatic carbocycles. The van der Waals surface area contributed by atoms with Gasteiger partial charge in [0.15, 0.2) is 0 Å². The first-order valence-corrected chi connectivity index (χ1v) is 10.5. The molecule has 0 bridgehead atoms. The zero-order valence-corrected chi connectivity index (χ0v) is 17.4. The highest BCUT2D eigenvalue weighted by atomic mass is 16.5. The zero-order valence-electron chi connectivity index (χ0n) is 17.4. The molecule has 1 amide bonds. The van der Waals surface area contributed by atoms with Crippen LogP contribution in [0.2, 0.25) is 0 Å². The molecule has 7 nitrogen and oxygen atoms in total. The minimum atomic E-state index is -0.0368. The Kier molecular flexibility index (Phi) is 6.49. The molecule has 0 spiro atoms. The van der Waals surface area contributed by atoms with E-state index in [9.17, 15) is 4.79 Å². The third-order valence-corrected chi connectivity index (χ3v) is 5.37. The fourth-order valence-electron chi connectivity index (χ4n) is 3.97. The molecule has 158 valence electrons. The first-order valence-electron chi connectivity index (χ1n) is 10.5. The van der Waals surface area contributed by atoms with Crippen LogP contribution in [0.5, 0.6) is 5.75 Å². The summed E-state index contributed by atoms with van der Waals surface area (Å²) >= 11 is 0. The van der Waals surface area contributed by atoms with Gasteiger partial charge in [0, 0.05) is 37.1 Å². The number of amides is 1. The van der Waals surface area contributed by atoms with Gasteiger partial charge in [-0.2, -0.15) is 5.10 Å². The lowest BCUT2D eigenvalue weighted by molar-refractivity contribution is -0.119. The van der Waals surface area contributed by atoms with Crippen LogP contribution in [0.4, 0.5) is 5.69 Å². The number of benzene rings is 2. The van der Waals surface area contributed by atoms with Crippen molar-refractivity contribution in [1.82, 2.24) is 20.4 Å². The van der Waals surface area contributed by atoms with Gasteiger partial charge in [0.1, 0.15) is 12.4 Å². The predicted molar refractivity (Wildman–Crippen MR) is 119 cm³/mol. The number of piperidine rings is 1. The second-order valence-electron chi connectivity index (χ2n) is 7.87. The lowest BCUT2D eigenvalue weighted by atomic mass is 10.0. The summed E-state index contributed by atoms with van der Waals surface area (Å²) in [5, 5.41) is 14.7. The highest BCUT2D eigenvalue weighted by Crippen LogP contribution is 2.22. The fraction of sp³-hybridized carbons (Fsp3) is 0.391. The Labute approximate surface area is 176 Å². The molecule has 3 aromatic rings. The Morgan fingerprint density at radius 2 is 2.23 bits per heavy atom. The summed E-state index contributed by atoms with van der Waals surface area (Å²) < 4.78 is 5.76. The molecule has 1 aliphatic rings. The number of aromatic nitrogens is 2. The topological polar surface area (TPSA) is 82.3 Å². The number of fused-ring (bicyclic) bond motifs is 1. The fourth-order valence-corrected chi connectivity index (χ4v) is 3.97. The average Bonchev–Trinajstić information content (AvgIpc) is 3.20. The summed E-state index contributed by atoms with van der Waals surface area (Å²) in [4.78, 5) is 13.4. The van der Waals surface area contributed by atoms with E-state index in [2.05, 4.69) is 56.1 Å². The van der Waals surface area contributed by atoms with Gasteiger partial charge in [-0.3, -0.25) is 14.8 Å². The average molecular weight is 408 g/mol. The van der Waals surface area contributed by atoms with Crippen LogP contribution in [0, 0.1) is 0 Å². The van der Waals surface area contributed by atoms with Crippen molar-refractivity contribution in [3.63, 3.8) is 0 Å². The number of ether oxygens (including phenoxy) is 1. The van der Waals surface area contributed by atoms with E-state index in [0.717, 1.165) is 42.0 Å². The van der Waals surface area contributed by atoms with Gasteiger partial charge in [-0.15, -0.1) is 0 Å². The van der Waals surface area contributed by atoms with Gasteiger partial charge in [0.05, 0.1) is 18.3 Å². The number of hydrogen-bond acceptors (Lipinski definition) is 5. The van der Waals surface area contributed by atoms with E-state index in [-0.39, 0.29) is 5.91 Å². The maximum atomic E-state index is 10.9. The van der Waals surface area contributed by atoms with Gasteiger partial charge in [-0.25, -0.2) is 0 Å². The molecule has 1 fully saturated rings. The first-order chi connectivity index (χ1) is 14.7. The zero-order chi connectivity index (χ0) is 20.8. The number of carbonyl (C=O) groups excluding carboxylic acids is 1. The Hall–Kier alpha value is -3.06. The van der Waals surface area contributed by atoms with Gasteiger partial charge < -0.3 is 15.4 Å². The number of aromatic amines is 1. The minimum absolute atomic E-state index is 0.0368. The van der Waals surface area contributed by atoms with Crippen molar-refractivity contribution in [2.75, 3.05) is 31.6 Å². The van der Waals surface area contributed by atoms with Crippen LogP contribution in [0.15, 0.2) is 48.7 Å². The van der Waals surface area contributed by atoms with Crippen molar-refractivity contribution in [3.05, 3.63) is 54.2 Å². The molecule has 1 saturated heterocycles. The second-order valence-corrected chi connectivity index (χ2v) is 7.87. The van der Waals surface area contributed by atoms with Crippen LogP contribution in [0.25, 0.3) is 10.9 Å². The van der Waals surface area contributed by atoms with Gasteiger partial charge in [-0.1, -0.05) is 12.1 Å². The molecule has 30 heavy (non-hydrogen) atoms. The Morgan fingerprint density at radius 3 is 3.13 bits per heavy atom. The SMILES string of the molecule is CC(=O)NCCOc1cccc(CN2CCC[C@H](Nc3ccc4[nH]ncc4c3)C2)c1. The highest BCUT2D eigenvalue weighted by Gasteiger charge is 2.20. The number of nitrogens with zero attached hydrogens (tertiary/aromatic N) is 2. The molecule has 3 N–H and O–H groups in total. The Bertz CT molecular complexity index is 986. The number of likely N-dealkylation sites (tertiary alicyclic amines) is 1. The third kappa shape index (κ3) is 5.51. The summed E-state index contributed by atoms with van der Waals surface area (Å²) in [6, 6.07) is 15.0. The highest BCUT2D eigenvalue weighted by molar-refractivity contribution is 5.81. The van der Waals surface area contributed by atoms with Crippen molar-refractivity contribution >= 4 is 22.5 Å². The molecule has 0 radical (unpaired) electrons. The van der Waals surface area contributed by atoms with Crippen LogP contribution in [0.1, 0.15) is 25.3 Å². The van der Waals surface area contributed by atoms with Gasteiger partial charge in [0.2, 0.25) is 5.91 Å². The van der Waals surface area contributed by atoms with Gasteiger partial charge >= 0.3 is 0 Å². The third-order valence-electron chi connectivity index (χ3n) is 5.37. The quantitative estimate of drug-likeness (QED) is 0.500. The molecule has 2 heterocycles. The van der Waals surface area contributed by atoms with Crippen LogP contribution in [-0.2, 0) is 11.3 Å². The van der Waals surface area contributed by atoms with E-state index in [1.807, 2.05) is 18.3 Å². The maximum Gasteiger partial charge on any atom is 0.216 e. The number of nitrogens with one attached hydrogen (secondary N) is 3. The van der Waals surface area contributed by atoms with Crippen molar-refractivity contribution in [2.45, 2.75) is 32.4 Å². The second kappa shape index (κ2) is 9.63. The number of hydrogen-bond donors (Lipinski definition) is 3. The summed E-state index contributed by atoms with van der Waals surface area (Å²) in [6.45, 7) is 5.52. The number of anilines is 1. The molecule has 1 atom stereocenters. The Balaban J connectivity index is 1.30. The molecule has 4 rings (SSSR count). The summed E-state index contributed by atoms with van der Waals surface area (Å²) in [5.41, 5.74) is 3.45. The van der Waals surface area contributed by atoms with Crippen LogP contribution in [0.3, 0.4) is 0 Å². The van der Waals surface area contributed by atoms with E-state index in [1.54, 1.807) is 0 Å². The molecule has 1 aromatic heterocycles. The van der Waals surface area contributed by atoms with Crippen molar-refractivity contribution < 1.29 is 9.53 Å². The maximum absolute atomic E-state index is 10.9. The van der Waals surface area contributed by atoms with Gasteiger partial charge in [-0.05, 0) is 55.3 Å². The number of rotatable bonds is 8. The smallest absolute Gasteiger partial charge is 0.216 e. The van der Waals surface area contributed by atoms with Gasteiger partial charge in [0.25, 0.3) is 0 Å². The molecule has 0 unspecified atom stereocenters. The van der Waals surface area contributed by atoms with E-state index < -0.39 is 0 Å². The van der Waals surface area contributed by atoms with Crippen molar-refractivity contribution in [2.24, 2.45) is 0 Å². The van der Waals surface area contributed by atoms with Crippen LogP contribution in [-0.4, -0.2) is 53.3 Å². The van der Waals surface area contributed by atoms with E-state index >= 15 is 0 Å². The first kappa shape index (κ1) is 20.2. The number of H-pyrrole nitrogens is 1. The summed E-state index contributed by atoms with van der Waals surface area (Å²) in [7, 11) is 0. The lowest BCUT2D eigenvalue weighted by Gasteiger charge is -2.33. The summed E-state index contributed by atoms with van der Waals surface area (Å²) in [5.74, 6) is 0.809. The van der Waals surface area contributed by atoms with E-state index in [0.29, 0.717) is 19.2 Å². The molecule has 0 aliphatic carbocycles. The monoisotopic (exact) mass is 407 g/mol. The minimum Gasteiger partial charge on any atom is -0.492 e. The normalized spacial score (nSPS) is 17.0. The summed E-state index contributed by atoms with van der Waals surface area (Å²) in [6.07, 6.45) is 4.21. The van der Waals surface area contributed by atoms with Crippen molar-refractivity contribution in [3.8, 4) is 5.75 Å². The van der Waals surface area contributed by atoms with Crippen LogP contribution >= 0.6 is 0 Å². The van der Waals surface area contributed by atoms with Crippen LogP contribution < -0.4 is 15.4 Å². The largest absolute Gasteiger partial charge is 0.492 e. The molecule has 1 aliphatic heterocycles. The van der Waals surface area contributed by atoms with Crippen molar-refractivity contribution in [1.29, 1.82) is 0 Å².